The Hall–Kier alpha value is -2.05. The van der Waals surface area contributed by atoms with Gasteiger partial charge in [0, 0.05) is 16.5 Å². The first-order chi connectivity index (χ1) is 15.4. The monoisotopic (exact) mass is 518 g/mol. The minimum absolute atomic E-state index is 0.0273. The Labute approximate surface area is 202 Å². The minimum atomic E-state index is 0.0273. The van der Waals surface area contributed by atoms with Crippen LogP contribution in [0, 0.1) is 17.3 Å². The molecule has 2 saturated carbocycles. The van der Waals surface area contributed by atoms with Crippen LogP contribution in [-0.4, -0.2) is 18.7 Å². The summed E-state index contributed by atoms with van der Waals surface area (Å²) in [7, 11) is 0. The molecule has 5 nitrogen and oxygen atoms in total. The average molecular weight is 520 g/mol. The Bertz CT molecular complexity index is 1030. The van der Waals surface area contributed by atoms with Crippen LogP contribution in [0.15, 0.2) is 46.0 Å². The molecule has 0 unspecified atom stereocenters. The smallest absolute Gasteiger partial charge is 0.244 e. The molecule has 0 heterocycles. The average Bonchev–Trinajstić information content (AvgIpc) is 3.40. The number of benzene rings is 2. The Morgan fingerprint density at radius 3 is 2.84 bits per heavy atom. The summed E-state index contributed by atoms with van der Waals surface area (Å²) in [5.41, 5.74) is 4.60. The highest BCUT2D eigenvalue weighted by Crippen LogP contribution is 2.66. The van der Waals surface area contributed by atoms with Crippen LogP contribution in [0.2, 0.25) is 5.02 Å². The number of carbonyl (C=O) groups excluding carboxylic acids is 1. The van der Waals surface area contributed by atoms with Crippen molar-refractivity contribution >= 4 is 39.7 Å². The number of ether oxygens (including phenoxy) is 2. The molecule has 0 aromatic heterocycles. The first-order valence-corrected chi connectivity index (χ1v) is 12.3. The molecule has 2 aliphatic carbocycles. The maximum atomic E-state index is 12.6. The van der Waals surface area contributed by atoms with E-state index in [0.717, 1.165) is 28.4 Å². The second kappa shape index (κ2) is 9.84. The van der Waals surface area contributed by atoms with Crippen LogP contribution >= 0.6 is 27.5 Å². The third kappa shape index (κ3) is 4.81. The molecule has 0 spiro atoms. The number of carbonyl (C=O) groups is 1. The number of halogens is 2. The van der Waals surface area contributed by atoms with E-state index in [9.17, 15) is 4.79 Å². The predicted molar refractivity (Wildman–Crippen MR) is 130 cm³/mol. The van der Waals surface area contributed by atoms with Crippen molar-refractivity contribution in [1.82, 2.24) is 5.43 Å². The third-order valence-corrected chi connectivity index (χ3v) is 7.62. The van der Waals surface area contributed by atoms with E-state index in [-0.39, 0.29) is 17.2 Å². The van der Waals surface area contributed by atoms with Gasteiger partial charge in [-0.2, -0.15) is 5.10 Å². The van der Waals surface area contributed by atoms with Gasteiger partial charge in [-0.15, -0.1) is 0 Å². The number of hydrogen-bond acceptors (Lipinski definition) is 4. The highest BCUT2D eigenvalue weighted by molar-refractivity contribution is 9.10. The second-order valence-electron chi connectivity index (χ2n) is 8.71. The molecule has 0 bridgehead atoms. The summed E-state index contributed by atoms with van der Waals surface area (Å²) < 4.78 is 12.6. The van der Waals surface area contributed by atoms with Crippen LogP contribution in [0.5, 0.6) is 11.5 Å². The lowest BCUT2D eigenvalue weighted by Gasteiger charge is -2.15. The number of fused-ring (bicyclic) bond motifs is 1. The number of hydrazone groups is 1. The molecular weight excluding hydrogens is 492 g/mol. The first kappa shape index (κ1) is 23.1. The zero-order valence-corrected chi connectivity index (χ0v) is 20.7. The zero-order chi connectivity index (χ0) is 22.7. The SMILES string of the molecule is CCOc1cc(/C=N\NC(=O)[C@@H]2[C@@H]3CCCC[C@]23C)cc(Br)c1OCc1ccccc1Cl. The van der Waals surface area contributed by atoms with Crippen LogP contribution in [-0.2, 0) is 11.4 Å². The third-order valence-electron chi connectivity index (χ3n) is 6.66. The molecule has 1 N–H and O–H groups in total. The lowest BCUT2D eigenvalue weighted by Crippen LogP contribution is -2.22. The van der Waals surface area contributed by atoms with Gasteiger partial charge in [0.15, 0.2) is 11.5 Å². The molecule has 2 aliphatic rings. The van der Waals surface area contributed by atoms with Crippen LogP contribution in [0.1, 0.15) is 50.7 Å². The first-order valence-electron chi connectivity index (χ1n) is 11.1. The van der Waals surface area contributed by atoms with Crippen molar-refractivity contribution < 1.29 is 14.3 Å². The number of amides is 1. The predicted octanol–water partition coefficient (Wildman–Crippen LogP) is 6.36. The van der Waals surface area contributed by atoms with E-state index in [0.29, 0.717) is 35.7 Å². The van der Waals surface area contributed by atoms with E-state index in [1.165, 1.54) is 12.8 Å². The minimum Gasteiger partial charge on any atom is -0.490 e. The summed E-state index contributed by atoms with van der Waals surface area (Å²) in [6, 6.07) is 11.3. The molecule has 2 aromatic rings. The topological polar surface area (TPSA) is 59.9 Å². The molecule has 7 heteroatoms. The van der Waals surface area contributed by atoms with E-state index in [1.54, 1.807) is 6.21 Å². The fraction of sp³-hybridized carbons (Fsp3) is 0.440. The molecule has 0 radical (unpaired) electrons. The number of rotatable bonds is 8. The molecule has 3 atom stereocenters. The van der Waals surface area contributed by atoms with Gasteiger partial charge in [0.05, 0.1) is 17.3 Å². The van der Waals surface area contributed by atoms with Gasteiger partial charge < -0.3 is 9.47 Å². The maximum absolute atomic E-state index is 12.6. The molecule has 0 aliphatic heterocycles. The fourth-order valence-corrected chi connectivity index (χ4v) is 5.69. The molecule has 2 aromatic carbocycles. The van der Waals surface area contributed by atoms with Crippen molar-refractivity contribution in [3.8, 4) is 11.5 Å². The van der Waals surface area contributed by atoms with Crippen molar-refractivity contribution in [1.29, 1.82) is 0 Å². The van der Waals surface area contributed by atoms with Gasteiger partial charge in [0.1, 0.15) is 6.61 Å². The fourth-order valence-electron chi connectivity index (χ4n) is 4.92. The Morgan fingerprint density at radius 1 is 1.31 bits per heavy atom. The summed E-state index contributed by atoms with van der Waals surface area (Å²) >= 11 is 9.82. The number of nitrogens with one attached hydrogen (secondary N) is 1. The molecule has 32 heavy (non-hydrogen) atoms. The Kier molecular flexibility index (Phi) is 7.11. The van der Waals surface area contributed by atoms with Crippen molar-refractivity contribution in [3.63, 3.8) is 0 Å². The van der Waals surface area contributed by atoms with Crippen molar-refractivity contribution in [2.45, 2.75) is 46.1 Å². The van der Waals surface area contributed by atoms with Crippen LogP contribution in [0.3, 0.4) is 0 Å². The largest absolute Gasteiger partial charge is 0.490 e. The summed E-state index contributed by atoms with van der Waals surface area (Å²) in [6.45, 7) is 4.97. The maximum Gasteiger partial charge on any atom is 0.244 e. The molecule has 1 amide bonds. The van der Waals surface area contributed by atoms with E-state index >= 15 is 0 Å². The van der Waals surface area contributed by atoms with Gasteiger partial charge in [-0.25, -0.2) is 5.43 Å². The molecule has 4 rings (SSSR count). The molecule has 2 fully saturated rings. The van der Waals surface area contributed by atoms with Crippen LogP contribution < -0.4 is 14.9 Å². The van der Waals surface area contributed by atoms with Crippen molar-refractivity contribution in [3.05, 3.63) is 57.0 Å². The van der Waals surface area contributed by atoms with Gasteiger partial charge in [-0.3, -0.25) is 4.79 Å². The molecular formula is C25H28BrClN2O3. The highest BCUT2D eigenvalue weighted by Gasteiger charge is 2.64. The summed E-state index contributed by atoms with van der Waals surface area (Å²) in [6.07, 6.45) is 6.38. The molecule has 0 saturated heterocycles. The van der Waals surface area contributed by atoms with Crippen LogP contribution in [0.25, 0.3) is 0 Å². The van der Waals surface area contributed by atoms with E-state index in [2.05, 4.69) is 33.4 Å². The van der Waals surface area contributed by atoms with Crippen molar-refractivity contribution in [2.24, 2.45) is 22.4 Å². The van der Waals surface area contributed by atoms with Crippen LogP contribution in [0.4, 0.5) is 0 Å². The van der Waals surface area contributed by atoms with Gasteiger partial charge in [-0.1, -0.05) is 49.6 Å². The van der Waals surface area contributed by atoms with E-state index < -0.39 is 0 Å². The standard InChI is InChI=1S/C25H28BrClN2O3/c1-3-31-21-13-16(12-19(26)23(21)32-15-17-8-4-5-10-20(17)27)14-28-29-24(30)22-18-9-6-7-11-25(18,22)2/h4-5,8,10,12-14,18,22H,3,6-7,9,11,15H2,1-2H3,(H,29,30)/b28-14-/t18-,22-,25-/m0/s1. The van der Waals surface area contributed by atoms with Gasteiger partial charge in [0.25, 0.3) is 0 Å². The van der Waals surface area contributed by atoms with Crippen molar-refractivity contribution in [2.75, 3.05) is 6.61 Å². The summed E-state index contributed by atoms with van der Waals surface area (Å²) in [5, 5.41) is 4.87. The Morgan fingerprint density at radius 2 is 2.12 bits per heavy atom. The summed E-state index contributed by atoms with van der Waals surface area (Å²) in [5.74, 6) is 1.83. The number of hydrogen-bond donors (Lipinski definition) is 1. The lowest BCUT2D eigenvalue weighted by molar-refractivity contribution is -0.123. The highest BCUT2D eigenvalue weighted by atomic mass is 79.9. The van der Waals surface area contributed by atoms with Gasteiger partial charge in [-0.05, 0) is 70.8 Å². The normalized spacial score (nSPS) is 24.1. The Balaban J connectivity index is 1.43. The zero-order valence-electron chi connectivity index (χ0n) is 18.4. The van der Waals surface area contributed by atoms with Gasteiger partial charge >= 0.3 is 0 Å². The van der Waals surface area contributed by atoms with E-state index in [1.807, 2.05) is 43.3 Å². The lowest BCUT2D eigenvalue weighted by atomic mass is 9.90. The number of nitrogens with zero attached hydrogens (tertiary/aromatic N) is 1. The summed E-state index contributed by atoms with van der Waals surface area (Å²) in [4.78, 5) is 12.6. The molecule has 170 valence electrons. The second-order valence-corrected chi connectivity index (χ2v) is 9.97. The van der Waals surface area contributed by atoms with E-state index in [4.69, 9.17) is 21.1 Å². The quantitative estimate of drug-likeness (QED) is 0.326. The van der Waals surface area contributed by atoms with Gasteiger partial charge in [0.2, 0.25) is 5.91 Å².